The van der Waals surface area contributed by atoms with E-state index in [1.165, 1.54) is 6.07 Å². The van der Waals surface area contributed by atoms with Gasteiger partial charge in [0.1, 0.15) is 11.5 Å². The van der Waals surface area contributed by atoms with Gasteiger partial charge in [0.25, 0.3) is 0 Å². The maximum atomic E-state index is 15.2. The molecule has 2 aromatic rings. The molecule has 4 rings (SSSR count). The summed E-state index contributed by atoms with van der Waals surface area (Å²) in [6.07, 6.45) is 7.71. The van der Waals surface area contributed by atoms with Crippen molar-refractivity contribution < 1.29 is 8.78 Å². The van der Waals surface area contributed by atoms with Crippen LogP contribution in [-0.4, -0.2) is 15.2 Å². The number of aromatic nitrogens is 2. The highest BCUT2D eigenvalue weighted by Gasteiger charge is 2.40. The Hall–Kier alpha value is -1.71. The topological polar surface area (TPSA) is 17.8 Å². The van der Waals surface area contributed by atoms with Crippen molar-refractivity contribution in [2.45, 2.75) is 64.1 Å². The van der Waals surface area contributed by atoms with E-state index in [4.69, 9.17) is 0 Å². The Morgan fingerprint density at radius 1 is 1.21 bits per heavy atom. The monoisotopic (exact) mass is 330 g/mol. The predicted molar refractivity (Wildman–Crippen MR) is 91.1 cm³/mol. The van der Waals surface area contributed by atoms with Crippen molar-refractivity contribution in [3.63, 3.8) is 0 Å². The Kier molecular flexibility index (Phi) is 3.55. The molecule has 1 aromatic carbocycles. The minimum absolute atomic E-state index is 0.138. The molecule has 1 atom stereocenters. The van der Waals surface area contributed by atoms with Gasteiger partial charge in [-0.05, 0) is 50.0 Å². The zero-order valence-electron chi connectivity index (χ0n) is 14.4. The van der Waals surface area contributed by atoms with Gasteiger partial charge in [-0.3, -0.25) is 0 Å². The summed E-state index contributed by atoms with van der Waals surface area (Å²) in [5.74, 6) is -0.195. The second-order valence-corrected chi connectivity index (χ2v) is 8.26. The number of halogens is 2. The molecule has 2 heterocycles. The molecule has 0 N–H and O–H groups in total. The van der Waals surface area contributed by atoms with Crippen LogP contribution in [0.25, 0.3) is 11.3 Å². The van der Waals surface area contributed by atoms with Crippen LogP contribution in [0.5, 0.6) is 0 Å². The highest BCUT2D eigenvalue weighted by molar-refractivity contribution is 5.69. The SMILES string of the molecule is CC1(C)CCC(F)(CCC2c3c(F)cccc3-c3cncn32)CC1. The number of hydrogen-bond acceptors (Lipinski definition) is 1. The Labute approximate surface area is 141 Å². The van der Waals surface area contributed by atoms with E-state index in [-0.39, 0.29) is 17.3 Å². The van der Waals surface area contributed by atoms with Crippen molar-refractivity contribution in [3.05, 3.63) is 42.1 Å². The molecule has 1 saturated carbocycles. The van der Waals surface area contributed by atoms with Gasteiger partial charge in [0.15, 0.2) is 0 Å². The number of nitrogens with zero attached hydrogens (tertiary/aromatic N) is 2. The fourth-order valence-electron chi connectivity index (χ4n) is 4.30. The van der Waals surface area contributed by atoms with E-state index in [0.29, 0.717) is 31.2 Å². The third-order valence-electron chi connectivity index (χ3n) is 6.03. The molecule has 0 bridgehead atoms. The third kappa shape index (κ3) is 2.56. The van der Waals surface area contributed by atoms with Gasteiger partial charge >= 0.3 is 0 Å². The lowest BCUT2D eigenvalue weighted by atomic mass is 9.70. The molecule has 2 aliphatic rings. The highest BCUT2D eigenvalue weighted by Crippen LogP contribution is 2.48. The number of imidazole rings is 1. The third-order valence-corrected chi connectivity index (χ3v) is 6.03. The van der Waals surface area contributed by atoms with E-state index >= 15 is 4.39 Å². The number of hydrogen-bond donors (Lipinski definition) is 0. The van der Waals surface area contributed by atoms with Crippen LogP contribution in [0.2, 0.25) is 0 Å². The van der Waals surface area contributed by atoms with Crippen LogP contribution in [0.3, 0.4) is 0 Å². The fourth-order valence-corrected chi connectivity index (χ4v) is 4.30. The molecule has 1 aliphatic heterocycles. The molecule has 1 fully saturated rings. The van der Waals surface area contributed by atoms with Crippen LogP contribution < -0.4 is 0 Å². The van der Waals surface area contributed by atoms with Crippen molar-refractivity contribution in [1.82, 2.24) is 9.55 Å². The first kappa shape index (κ1) is 15.8. The summed E-state index contributed by atoms with van der Waals surface area (Å²) in [6, 6.07) is 5.02. The van der Waals surface area contributed by atoms with Gasteiger partial charge < -0.3 is 4.57 Å². The Morgan fingerprint density at radius 2 is 1.96 bits per heavy atom. The predicted octanol–water partition coefficient (Wildman–Crippen LogP) is 5.68. The number of fused-ring (bicyclic) bond motifs is 3. The minimum Gasteiger partial charge on any atom is -0.323 e. The van der Waals surface area contributed by atoms with E-state index < -0.39 is 5.67 Å². The largest absolute Gasteiger partial charge is 0.323 e. The first-order chi connectivity index (χ1) is 11.4. The number of alkyl halides is 1. The van der Waals surface area contributed by atoms with Crippen molar-refractivity contribution >= 4 is 0 Å². The van der Waals surface area contributed by atoms with Gasteiger partial charge in [-0.1, -0.05) is 26.0 Å². The van der Waals surface area contributed by atoms with Crippen LogP contribution >= 0.6 is 0 Å². The van der Waals surface area contributed by atoms with Crippen LogP contribution in [0.4, 0.5) is 8.78 Å². The van der Waals surface area contributed by atoms with Crippen LogP contribution in [-0.2, 0) is 0 Å². The molecule has 128 valence electrons. The van der Waals surface area contributed by atoms with Gasteiger partial charge in [0, 0.05) is 11.1 Å². The van der Waals surface area contributed by atoms with Gasteiger partial charge in [-0.25, -0.2) is 13.8 Å². The average molecular weight is 330 g/mol. The molecule has 0 saturated heterocycles. The zero-order valence-corrected chi connectivity index (χ0v) is 14.4. The van der Waals surface area contributed by atoms with Crippen LogP contribution in [0.1, 0.15) is 64.0 Å². The summed E-state index contributed by atoms with van der Waals surface area (Å²) >= 11 is 0. The normalized spacial score (nSPS) is 23.8. The Bertz CT molecular complexity index is 753. The second kappa shape index (κ2) is 5.40. The van der Waals surface area contributed by atoms with Gasteiger partial charge in [0.05, 0.1) is 24.3 Å². The molecule has 24 heavy (non-hydrogen) atoms. The van der Waals surface area contributed by atoms with Gasteiger partial charge in [-0.15, -0.1) is 0 Å². The van der Waals surface area contributed by atoms with Crippen molar-refractivity contribution in [2.24, 2.45) is 5.41 Å². The highest BCUT2D eigenvalue weighted by atomic mass is 19.1. The molecule has 2 nitrogen and oxygen atoms in total. The quantitative estimate of drug-likeness (QED) is 0.708. The van der Waals surface area contributed by atoms with Crippen LogP contribution in [0.15, 0.2) is 30.7 Å². The van der Waals surface area contributed by atoms with E-state index in [1.54, 1.807) is 18.6 Å². The summed E-state index contributed by atoms with van der Waals surface area (Å²) < 4.78 is 31.7. The Balaban J connectivity index is 1.56. The molecule has 0 amide bonds. The van der Waals surface area contributed by atoms with E-state index in [9.17, 15) is 4.39 Å². The first-order valence-corrected chi connectivity index (χ1v) is 8.88. The lowest BCUT2D eigenvalue weighted by Gasteiger charge is -2.39. The second-order valence-electron chi connectivity index (χ2n) is 8.26. The number of benzene rings is 1. The molecule has 1 unspecified atom stereocenters. The summed E-state index contributed by atoms with van der Waals surface area (Å²) in [6.45, 7) is 4.43. The number of rotatable bonds is 3. The summed E-state index contributed by atoms with van der Waals surface area (Å²) in [4.78, 5) is 4.20. The molecule has 0 spiro atoms. The van der Waals surface area contributed by atoms with E-state index in [2.05, 4.69) is 18.8 Å². The molecular weight excluding hydrogens is 306 g/mol. The lowest BCUT2D eigenvalue weighted by Crippen LogP contribution is -2.33. The Morgan fingerprint density at radius 3 is 2.71 bits per heavy atom. The zero-order chi connectivity index (χ0) is 16.9. The minimum atomic E-state index is -1.11. The molecule has 0 radical (unpaired) electrons. The first-order valence-electron chi connectivity index (χ1n) is 8.88. The smallest absolute Gasteiger partial charge is 0.129 e. The maximum absolute atomic E-state index is 15.2. The average Bonchev–Trinajstić information content (AvgIpc) is 3.11. The molecule has 4 heteroatoms. The molecule has 1 aromatic heterocycles. The summed E-state index contributed by atoms with van der Waals surface area (Å²) in [5.41, 5.74) is 1.68. The standard InChI is InChI=1S/C20H24F2N2/c1-19(2)8-10-20(22,11-9-19)7-6-16-18-14(4-3-5-15(18)21)17-12-23-13-24(16)17/h3-5,12-13,16H,6-11H2,1-2H3. The van der Waals surface area contributed by atoms with E-state index in [1.807, 2.05) is 10.6 Å². The van der Waals surface area contributed by atoms with Crippen molar-refractivity contribution in [1.29, 1.82) is 0 Å². The fraction of sp³-hybridized carbons (Fsp3) is 0.550. The summed E-state index contributed by atoms with van der Waals surface area (Å²) in [5, 5.41) is 0. The van der Waals surface area contributed by atoms with Gasteiger partial charge in [-0.2, -0.15) is 0 Å². The summed E-state index contributed by atoms with van der Waals surface area (Å²) in [7, 11) is 0. The van der Waals surface area contributed by atoms with E-state index in [0.717, 1.165) is 24.1 Å². The molecule has 1 aliphatic carbocycles. The van der Waals surface area contributed by atoms with Crippen molar-refractivity contribution in [2.75, 3.05) is 0 Å². The van der Waals surface area contributed by atoms with Gasteiger partial charge in [0.2, 0.25) is 0 Å². The van der Waals surface area contributed by atoms with Crippen LogP contribution in [0, 0.1) is 11.2 Å². The van der Waals surface area contributed by atoms with Crippen molar-refractivity contribution in [3.8, 4) is 11.3 Å². The maximum Gasteiger partial charge on any atom is 0.129 e. The lowest BCUT2D eigenvalue weighted by molar-refractivity contribution is 0.0429. The molecular formula is C20H24F2N2.